The summed E-state index contributed by atoms with van der Waals surface area (Å²) >= 11 is 7.21. The highest BCUT2D eigenvalue weighted by atomic mass is 35.5. The van der Waals surface area contributed by atoms with E-state index in [0.717, 1.165) is 11.8 Å². The molecular weight excluding hydrogens is 464 g/mol. The van der Waals surface area contributed by atoms with E-state index in [4.69, 9.17) is 11.6 Å². The minimum atomic E-state index is -0.498. The molecule has 0 radical (unpaired) electrons. The summed E-state index contributed by atoms with van der Waals surface area (Å²) in [5, 5.41) is 15.0. The Kier molecular flexibility index (Phi) is 6.43. The topological polar surface area (TPSA) is 107 Å². The van der Waals surface area contributed by atoms with Gasteiger partial charge in [0, 0.05) is 22.3 Å². The zero-order chi connectivity index (χ0) is 23.5. The van der Waals surface area contributed by atoms with Crippen LogP contribution in [0.1, 0.15) is 5.56 Å². The number of hydrogen-bond acceptors (Lipinski definition) is 6. The van der Waals surface area contributed by atoms with E-state index in [1.165, 1.54) is 10.6 Å². The number of aromatic nitrogens is 2. The lowest BCUT2D eigenvalue weighted by Gasteiger charge is -2.13. The van der Waals surface area contributed by atoms with Crippen LogP contribution in [0.25, 0.3) is 16.6 Å². The van der Waals surface area contributed by atoms with Crippen LogP contribution < -0.4 is 10.9 Å². The lowest BCUT2D eigenvalue weighted by Crippen LogP contribution is -2.23. The number of benzene rings is 3. The summed E-state index contributed by atoms with van der Waals surface area (Å²) in [6.07, 6.45) is 0. The minimum Gasteiger partial charge on any atom is -0.325 e. The Hall–Kier alpha value is -3.69. The number of nitro benzene ring substituents is 1. The van der Waals surface area contributed by atoms with Gasteiger partial charge in [0.05, 0.1) is 27.3 Å². The fourth-order valence-corrected chi connectivity index (χ4v) is 4.26. The van der Waals surface area contributed by atoms with Crippen LogP contribution in [0.4, 0.5) is 11.4 Å². The molecule has 4 rings (SSSR count). The monoisotopic (exact) mass is 480 g/mol. The van der Waals surface area contributed by atoms with Crippen LogP contribution in [-0.4, -0.2) is 26.1 Å². The first-order valence-corrected chi connectivity index (χ1v) is 11.2. The van der Waals surface area contributed by atoms with Crippen molar-refractivity contribution in [3.05, 3.63) is 97.8 Å². The van der Waals surface area contributed by atoms with Gasteiger partial charge in [-0.05, 0) is 43.3 Å². The maximum Gasteiger partial charge on any atom is 0.274 e. The zero-order valence-electron chi connectivity index (χ0n) is 17.3. The summed E-state index contributed by atoms with van der Waals surface area (Å²) in [4.78, 5) is 41.0. The summed E-state index contributed by atoms with van der Waals surface area (Å²) in [6, 6.07) is 18.3. The van der Waals surface area contributed by atoms with Crippen molar-refractivity contribution in [1.29, 1.82) is 0 Å². The van der Waals surface area contributed by atoms with Gasteiger partial charge in [-0.2, -0.15) is 0 Å². The number of thioether (sulfide) groups is 1. The van der Waals surface area contributed by atoms with Crippen molar-refractivity contribution >= 4 is 51.5 Å². The lowest BCUT2D eigenvalue weighted by atomic mass is 10.2. The van der Waals surface area contributed by atoms with Gasteiger partial charge in [-0.15, -0.1) is 0 Å². The van der Waals surface area contributed by atoms with E-state index in [1.807, 2.05) is 0 Å². The number of nitrogens with one attached hydrogen (secondary N) is 1. The summed E-state index contributed by atoms with van der Waals surface area (Å²) in [5.74, 6) is -0.453. The fourth-order valence-electron chi connectivity index (χ4n) is 3.26. The highest BCUT2D eigenvalue weighted by Gasteiger charge is 2.16. The molecule has 8 nitrogen and oxygen atoms in total. The summed E-state index contributed by atoms with van der Waals surface area (Å²) in [6.45, 7) is 1.63. The third-order valence-electron chi connectivity index (χ3n) is 4.83. The first-order chi connectivity index (χ1) is 15.8. The average molecular weight is 481 g/mol. The van der Waals surface area contributed by atoms with Crippen molar-refractivity contribution in [2.24, 2.45) is 0 Å². The number of fused-ring (bicyclic) bond motifs is 1. The van der Waals surface area contributed by atoms with E-state index in [-0.39, 0.29) is 17.0 Å². The maximum absolute atomic E-state index is 13.2. The van der Waals surface area contributed by atoms with Gasteiger partial charge >= 0.3 is 0 Å². The number of para-hydroxylation sites is 1. The molecule has 0 saturated heterocycles. The van der Waals surface area contributed by atoms with Crippen molar-refractivity contribution in [2.75, 3.05) is 11.1 Å². The van der Waals surface area contributed by atoms with Crippen LogP contribution in [0.5, 0.6) is 0 Å². The predicted molar refractivity (Wildman–Crippen MR) is 130 cm³/mol. The number of aryl methyl sites for hydroxylation is 1. The van der Waals surface area contributed by atoms with Gasteiger partial charge in [0.15, 0.2) is 5.16 Å². The molecule has 166 valence electrons. The number of carbonyl (C=O) groups is 1. The molecule has 0 atom stereocenters. The van der Waals surface area contributed by atoms with Gasteiger partial charge in [-0.3, -0.25) is 24.3 Å². The lowest BCUT2D eigenvalue weighted by molar-refractivity contribution is -0.385. The van der Waals surface area contributed by atoms with E-state index in [1.54, 1.807) is 67.6 Å². The molecule has 3 aromatic carbocycles. The molecule has 0 bridgehead atoms. The van der Waals surface area contributed by atoms with Crippen molar-refractivity contribution < 1.29 is 9.72 Å². The normalized spacial score (nSPS) is 10.8. The molecule has 0 unspecified atom stereocenters. The van der Waals surface area contributed by atoms with E-state index in [2.05, 4.69) is 10.3 Å². The Balaban J connectivity index is 1.64. The van der Waals surface area contributed by atoms with Gasteiger partial charge < -0.3 is 5.32 Å². The first kappa shape index (κ1) is 22.5. The van der Waals surface area contributed by atoms with Crippen molar-refractivity contribution in [3.8, 4) is 5.69 Å². The number of hydrogen-bond donors (Lipinski definition) is 1. The van der Waals surface area contributed by atoms with Crippen LogP contribution in [-0.2, 0) is 4.79 Å². The molecule has 4 aromatic rings. The number of amides is 1. The summed E-state index contributed by atoms with van der Waals surface area (Å²) in [7, 11) is 0. The second kappa shape index (κ2) is 9.43. The molecule has 33 heavy (non-hydrogen) atoms. The van der Waals surface area contributed by atoms with Crippen molar-refractivity contribution in [3.63, 3.8) is 0 Å². The molecular formula is C23H17ClN4O4S. The smallest absolute Gasteiger partial charge is 0.274 e. The molecule has 1 aromatic heterocycles. The SMILES string of the molecule is Cc1ccc(NC(=O)CSc2nc3ccccc3c(=O)n2-c2cccc(Cl)c2)cc1[N+](=O)[O-]. The van der Waals surface area contributed by atoms with Gasteiger partial charge in [-0.25, -0.2) is 4.98 Å². The zero-order valence-corrected chi connectivity index (χ0v) is 18.9. The molecule has 0 aliphatic carbocycles. The van der Waals surface area contributed by atoms with E-state index >= 15 is 0 Å². The van der Waals surface area contributed by atoms with Crippen LogP contribution in [0.2, 0.25) is 5.02 Å². The average Bonchev–Trinajstić information content (AvgIpc) is 2.79. The minimum absolute atomic E-state index is 0.0625. The Morgan fingerprint density at radius 1 is 1.15 bits per heavy atom. The standard InChI is InChI=1S/C23H17ClN4O4S/c1-14-9-10-16(12-20(14)28(31)32)25-21(29)13-33-23-26-19-8-3-2-7-18(19)22(30)27(23)17-6-4-5-15(24)11-17/h2-12H,13H2,1H3,(H,25,29). The molecule has 0 fully saturated rings. The van der Waals surface area contributed by atoms with E-state index in [0.29, 0.717) is 38.0 Å². The molecule has 0 spiro atoms. The second-order valence-electron chi connectivity index (χ2n) is 7.13. The molecule has 1 amide bonds. The van der Waals surface area contributed by atoms with Crippen molar-refractivity contribution in [2.45, 2.75) is 12.1 Å². The molecule has 1 heterocycles. The summed E-state index contributed by atoms with van der Waals surface area (Å²) < 4.78 is 1.42. The number of rotatable bonds is 6. The van der Waals surface area contributed by atoms with Crippen molar-refractivity contribution in [1.82, 2.24) is 9.55 Å². The Morgan fingerprint density at radius 2 is 1.94 bits per heavy atom. The number of carbonyl (C=O) groups excluding carboxylic acids is 1. The Morgan fingerprint density at radius 3 is 2.70 bits per heavy atom. The van der Waals surface area contributed by atoms with Crippen LogP contribution >= 0.6 is 23.4 Å². The van der Waals surface area contributed by atoms with Crippen LogP contribution in [0, 0.1) is 17.0 Å². The quantitative estimate of drug-likeness (QED) is 0.180. The number of nitro groups is 1. The third kappa shape index (κ3) is 4.89. The molecule has 0 aliphatic heterocycles. The largest absolute Gasteiger partial charge is 0.325 e. The highest BCUT2D eigenvalue weighted by Crippen LogP contribution is 2.25. The van der Waals surface area contributed by atoms with Crippen LogP contribution in [0.3, 0.4) is 0 Å². The second-order valence-corrected chi connectivity index (χ2v) is 8.51. The molecule has 0 aliphatic rings. The third-order valence-corrected chi connectivity index (χ3v) is 6.01. The maximum atomic E-state index is 13.2. The van der Waals surface area contributed by atoms with Gasteiger partial charge in [-0.1, -0.05) is 47.6 Å². The summed E-state index contributed by atoms with van der Waals surface area (Å²) in [5.41, 5.74) is 1.50. The number of halogens is 1. The fraction of sp³-hybridized carbons (Fsp3) is 0.0870. The van der Waals surface area contributed by atoms with Gasteiger partial charge in [0.25, 0.3) is 11.2 Å². The Labute approximate surface area is 197 Å². The highest BCUT2D eigenvalue weighted by molar-refractivity contribution is 7.99. The van der Waals surface area contributed by atoms with Crippen LogP contribution in [0.15, 0.2) is 76.7 Å². The predicted octanol–water partition coefficient (Wildman–Crippen LogP) is 4.99. The number of nitrogens with zero attached hydrogens (tertiary/aromatic N) is 3. The first-order valence-electron chi connectivity index (χ1n) is 9.79. The number of anilines is 1. The van der Waals surface area contributed by atoms with E-state index in [9.17, 15) is 19.7 Å². The molecule has 1 N–H and O–H groups in total. The van der Waals surface area contributed by atoms with Gasteiger partial charge in [0.1, 0.15) is 0 Å². The molecule has 10 heteroatoms. The van der Waals surface area contributed by atoms with Gasteiger partial charge in [0.2, 0.25) is 5.91 Å². The molecule has 0 saturated carbocycles. The Bertz CT molecular complexity index is 1450. The van der Waals surface area contributed by atoms with E-state index < -0.39 is 10.8 Å².